The molecule has 1 aliphatic heterocycles. The number of amides is 1. The Bertz CT molecular complexity index is 1010. The summed E-state index contributed by atoms with van der Waals surface area (Å²) >= 11 is 0. The number of benzene rings is 1. The van der Waals surface area contributed by atoms with Crippen LogP contribution in [-0.4, -0.2) is 33.7 Å². The average Bonchev–Trinajstić information content (AvgIpc) is 2.69. The SMILES string of the molecule is Cc1ccc(/C=C2\CCN(C(=O)O)C(C(C)(C)C)C2)cc1Oc1ccc(C(F)(F)F)cn1. The van der Waals surface area contributed by atoms with Crippen LogP contribution < -0.4 is 4.74 Å². The smallest absolute Gasteiger partial charge is 0.417 e. The highest BCUT2D eigenvalue weighted by Gasteiger charge is 2.36. The molecule has 172 valence electrons. The maximum absolute atomic E-state index is 12.7. The van der Waals surface area contributed by atoms with Crippen LogP contribution in [0.3, 0.4) is 0 Å². The number of likely N-dealkylation sites (tertiary alicyclic amines) is 1. The molecule has 1 unspecified atom stereocenters. The number of piperidine rings is 1. The van der Waals surface area contributed by atoms with Gasteiger partial charge in [-0.1, -0.05) is 44.6 Å². The summed E-state index contributed by atoms with van der Waals surface area (Å²) < 4.78 is 43.9. The summed E-state index contributed by atoms with van der Waals surface area (Å²) in [6, 6.07) is 7.63. The zero-order valence-corrected chi connectivity index (χ0v) is 18.5. The van der Waals surface area contributed by atoms with Crippen LogP contribution >= 0.6 is 0 Å². The van der Waals surface area contributed by atoms with Crippen LogP contribution in [0.25, 0.3) is 6.08 Å². The maximum atomic E-state index is 12.7. The van der Waals surface area contributed by atoms with E-state index >= 15 is 0 Å². The van der Waals surface area contributed by atoms with Gasteiger partial charge in [-0.15, -0.1) is 0 Å². The Kier molecular flexibility index (Phi) is 6.53. The van der Waals surface area contributed by atoms with Crippen molar-refractivity contribution in [1.29, 1.82) is 0 Å². The summed E-state index contributed by atoms with van der Waals surface area (Å²) in [5.74, 6) is 0.579. The highest BCUT2D eigenvalue weighted by Crippen LogP contribution is 2.36. The van der Waals surface area contributed by atoms with Crippen LogP contribution in [-0.2, 0) is 6.18 Å². The second-order valence-electron chi connectivity index (χ2n) is 9.12. The highest BCUT2D eigenvalue weighted by atomic mass is 19.4. The van der Waals surface area contributed by atoms with Crippen molar-refractivity contribution in [3.8, 4) is 11.6 Å². The average molecular weight is 448 g/mol. The van der Waals surface area contributed by atoms with E-state index in [4.69, 9.17) is 4.74 Å². The lowest BCUT2D eigenvalue weighted by Gasteiger charge is -2.42. The fourth-order valence-corrected chi connectivity index (χ4v) is 3.79. The Hall–Kier alpha value is -3.03. The number of pyridine rings is 1. The lowest BCUT2D eigenvalue weighted by molar-refractivity contribution is -0.137. The van der Waals surface area contributed by atoms with Gasteiger partial charge in [0.25, 0.3) is 0 Å². The predicted molar refractivity (Wildman–Crippen MR) is 116 cm³/mol. The molecule has 0 radical (unpaired) electrons. The quantitative estimate of drug-likeness (QED) is 0.563. The largest absolute Gasteiger partial charge is 0.465 e. The number of aryl methyl sites for hydroxylation is 1. The van der Waals surface area contributed by atoms with Gasteiger partial charge in [0.1, 0.15) is 5.75 Å². The number of ether oxygens (including phenoxy) is 1. The summed E-state index contributed by atoms with van der Waals surface area (Å²) in [5, 5.41) is 9.54. The van der Waals surface area contributed by atoms with Crippen molar-refractivity contribution in [3.05, 3.63) is 58.8 Å². The van der Waals surface area contributed by atoms with Crippen LogP contribution in [0, 0.1) is 12.3 Å². The molecule has 0 spiro atoms. The van der Waals surface area contributed by atoms with E-state index in [1.165, 1.54) is 11.0 Å². The van der Waals surface area contributed by atoms with Crippen LogP contribution in [0.5, 0.6) is 11.6 Å². The third-order valence-electron chi connectivity index (χ3n) is 5.61. The highest BCUT2D eigenvalue weighted by molar-refractivity contribution is 5.66. The fraction of sp³-hybridized carbons (Fsp3) is 0.417. The summed E-state index contributed by atoms with van der Waals surface area (Å²) in [7, 11) is 0. The molecule has 8 heteroatoms. The van der Waals surface area contributed by atoms with E-state index < -0.39 is 17.8 Å². The van der Waals surface area contributed by atoms with Gasteiger partial charge < -0.3 is 14.7 Å². The van der Waals surface area contributed by atoms with Crippen molar-refractivity contribution < 1.29 is 27.8 Å². The van der Waals surface area contributed by atoms with Gasteiger partial charge in [0.05, 0.1) is 5.56 Å². The molecule has 1 aromatic heterocycles. The summed E-state index contributed by atoms with van der Waals surface area (Å²) in [5.41, 5.74) is 1.81. The standard InChI is InChI=1S/C24H27F3N2O3/c1-15-5-6-16(11-17-9-10-29(22(30)31)20(13-17)23(2,3)4)12-19(15)32-21-8-7-18(14-28-21)24(25,26)27/h5-8,11-12,14,20H,9-10,13H2,1-4H3,(H,30,31)/b17-11+. The first kappa shape index (κ1) is 23.6. The minimum absolute atomic E-state index is 0.0773. The van der Waals surface area contributed by atoms with Crippen molar-refractivity contribution in [3.63, 3.8) is 0 Å². The molecule has 0 saturated carbocycles. The second-order valence-corrected chi connectivity index (χ2v) is 9.12. The van der Waals surface area contributed by atoms with E-state index in [2.05, 4.69) is 4.98 Å². The number of carbonyl (C=O) groups is 1. The molecular weight excluding hydrogens is 421 g/mol. The molecule has 1 N–H and O–H groups in total. The molecule has 1 saturated heterocycles. The Balaban J connectivity index is 1.81. The van der Waals surface area contributed by atoms with E-state index in [1.807, 2.05) is 52.0 Å². The summed E-state index contributed by atoms with van der Waals surface area (Å²) in [6.45, 7) is 8.38. The van der Waals surface area contributed by atoms with Gasteiger partial charge in [-0.05, 0) is 48.4 Å². The normalized spacial score (nSPS) is 18.7. The lowest BCUT2D eigenvalue weighted by Crippen LogP contribution is -2.50. The molecule has 1 aromatic carbocycles. The van der Waals surface area contributed by atoms with Gasteiger partial charge in [0.15, 0.2) is 0 Å². The maximum Gasteiger partial charge on any atom is 0.417 e. The molecule has 1 amide bonds. The number of hydrogen-bond acceptors (Lipinski definition) is 3. The van der Waals surface area contributed by atoms with Gasteiger partial charge in [0, 0.05) is 24.8 Å². The van der Waals surface area contributed by atoms with E-state index in [0.717, 1.165) is 29.0 Å². The van der Waals surface area contributed by atoms with Crippen LogP contribution in [0.15, 0.2) is 42.1 Å². The molecule has 2 aromatic rings. The topological polar surface area (TPSA) is 62.7 Å². The van der Waals surface area contributed by atoms with Crippen molar-refractivity contribution in [2.75, 3.05) is 6.54 Å². The number of halogens is 3. The number of aromatic nitrogens is 1. The molecule has 2 heterocycles. The lowest BCUT2D eigenvalue weighted by atomic mass is 9.79. The van der Waals surface area contributed by atoms with Gasteiger partial charge in [-0.3, -0.25) is 0 Å². The van der Waals surface area contributed by atoms with Gasteiger partial charge in [0.2, 0.25) is 5.88 Å². The molecule has 1 aliphatic rings. The first-order valence-electron chi connectivity index (χ1n) is 10.4. The van der Waals surface area contributed by atoms with E-state index in [-0.39, 0.29) is 17.3 Å². The van der Waals surface area contributed by atoms with Crippen molar-refractivity contribution in [2.24, 2.45) is 5.41 Å². The number of carboxylic acid groups (broad SMARTS) is 1. The third-order valence-corrected chi connectivity index (χ3v) is 5.61. The predicted octanol–water partition coefficient (Wildman–Crippen LogP) is 6.77. The Labute approximate surface area is 185 Å². The molecule has 1 atom stereocenters. The molecule has 0 bridgehead atoms. The van der Waals surface area contributed by atoms with Crippen molar-refractivity contribution in [2.45, 2.75) is 52.8 Å². The molecule has 32 heavy (non-hydrogen) atoms. The Morgan fingerprint density at radius 1 is 1.22 bits per heavy atom. The van der Waals surface area contributed by atoms with E-state index in [9.17, 15) is 23.1 Å². The molecule has 5 nitrogen and oxygen atoms in total. The minimum atomic E-state index is -4.45. The summed E-state index contributed by atoms with van der Waals surface area (Å²) in [4.78, 5) is 16.9. The van der Waals surface area contributed by atoms with E-state index in [1.54, 1.807) is 0 Å². The van der Waals surface area contributed by atoms with Crippen LogP contribution in [0.4, 0.5) is 18.0 Å². The van der Waals surface area contributed by atoms with Crippen LogP contribution in [0.1, 0.15) is 50.3 Å². The number of nitrogens with zero attached hydrogens (tertiary/aromatic N) is 2. The van der Waals surface area contributed by atoms with Gasteiger partial charge >= 0.3 is 12.3 Å². The number of rotatable bonds is 3. The summed E-state index contributed by atoms with van der Waals surface area (Å²) in [6.07, 6.45) is -1.29. The molecule has 3 rings (SSSR count). The zero-order valence-electron chi connectivity index (χ0n) is 18.5. The van der Waals surface area contributed by atoms with E-state index in [0.29, 0.717) is 25.1 Å². The number of hydrogen-bond donors (Lipinski definition) is 1. The van der Waals surface area contributed by atoms with Gasteiger partial charge in [-0.2, -0.15) is 13.2 Å². The Morgan fingerprint density at radius 3 is 2.50 bits per heavy atom. The van der Waals surface area contributed by atoms with Gasteiger partial charge in [-0.25, -0.2) is 9.78 Å². The molecule has 1 fully saturated rings. The second kappa shape index (κ2) is 8.84. The minimum Gasteiger partial charge on any atom is -0.465 e. The third kappa shape index (κ3) is 5.60. The monoisotopic (exact) mass is 448 g/mol. The molecule has 0 aliphatic carbocycles. The number of alkyl halides is 3. The first-order valence-corrected chi connectivity index (χ1v) is 10.4. The zero-order chi connectivity index (χ0) is 23.7. The fourth-order valence-electron chi connectivity index (χ4n) is 3.79. The molecular formula is C24H27F3N2O3. The van der Waals surface area contributed by atoms with Crippen LogP contribution in [0.2, 0.25) is 0 Å². The van der Waals surface area contributed by atoms with Crippen molar-refractivity contribution >= 4 is 12.2 Å². The first-order chi connectivity index (χ1) is 14.8. The Morgan fingerprint density at radius 2 is 1.94 bits per heavy atom. The van der Waals surface area contributed by atoms with Crippen molar-refractivity contribution in [1.82, 2.24) is 9.88 Å².